The van der Waals surface area contributed by atoms with Crippen LogP contribution in [0.1, 0.15) is 0 Å². The lowest BCUT2D eigenvalue weighted by molar-refractivity contribution is -0.189. The minimum absolute atomic E-state index is 0.108. The summed E-state index contributed by atoms with van der Waals surface area (Å²) in [6, 6.07) is -1.69. The van der Waals surface area contributed by atoms with E-state index in [0.717, 1.165) is 4.90 Å². The smallest absolute Gasteiger partial charge is 0.405 e. The summed E-state index contributed by atoms with van der Waals surface area (Å²) in [5, 5.41) is 11.0. The molecule has 7 heteroatoms. The molecule has 1 rings (SSSR count). The third-order valence-electron chi connectivity index (χ3n) is 2.07. The first-order chi connectivity index (χ1) is 6.41. The molecule has 0 aromatic heterocycles. The van der Waals surface area contributed by atoms with Crippen molar-refractivity contribution in [2.45, 2.75) is 12.2 Å². The van der Waals surface area contributed by atoms with Crippen molar-refractivity contribution < 1.29 is 23.1 Å². The number of alkyl halides is 3. The number of carbonyl (C=O) groups is 1. The highest BCUT2D eigenvalue weighted by Crippen LogP contribution is 2.25. The van der Waals surface area contributed by atoms with E-state index in [-0.39, 0.29) is 13.1 Å². The molecule has 0 spiro atoms. The Morgan fingerprint density at radius 3 is 2.71 bits per heavy atom. The summed E-state index contributed by atoms with van der Waals surface area (Å²) in [5.41, 5.74) is 0. The van der Waals surface area contributed by atoms with Gasteiger partial charge in [0.05, 0.1) is 6.54 Å². The van der Waals surface area contributed by atoms with Gasteiger partial charge in [-0.05, 0) is 0 Å². The van der Waals surface area contributed by atoms with Gasteiger partial charge < -0.3 is 10.4 Å². The van der Waals surface area contributed by atoms with Crippen molar-refractivity contribution in [1.29, 1.82) is 0 Å². The quantitative estimate of drug-likeness (QED) is 0.671. The van der Waals surface area contributed by atoms with Gasteiger partial charge in [-0.25, -0.2) is 0 Å². The maximum absolute atomic E-state index is 12.4. The molecular weight excluding hydrogens is 201 g/mol. The van der Waals surface area contributed by atoms with E-state index < -0.39 is 24.7 Å². The second-order valence-corrected chi connectivity index (χ2v) is 3.13. The molecule has 1 fully saturated rings. The number of hydrogen-bond donors (Lipinski definition) is 2. The molecule has 1 aliphatic heterocycles. The van der Waals surface area contributed by atoms with Crippen LogP contribution in [0.5, 0.6) is 0 Å². The monoisotopic (exact) mass is 212 g/mol. The zero-order valence-electron chi connectivity index (χ0n) is 7.34. The lowest BCUT2D eigenvalue weighted by atomic mass is 10.2. The van der Waals surface area contributed by atoms with Gasteiger partial charge in [0.15, 0.2) is 0 Å². The maximum atomic E-state index is 12.4. The Morgan fingerprint density at radius 1 is 1.57 bits per heavy atom. The second-order valence-electron chi connectivity index (χ2n) is 3.13. The molecule has 4 nitrogen and oxygen atoms in total. The van der Waals surface area contributed by atoms with Gasteiger partial charge in [0.25, 0.3) is 0 Å². The van der Waals surface area contributed by atoms with Crippen LogP contribution in [0.15, 0.2) is 0 Å². The van der Waals surface area contributed by atoms with Gasteiger partial charge in [-0.1, -0.05) is 0 Å². The van der Waals surface area contributed by atoms with Gasteiger partial charge in [-0.2, -0.15) is 13.2 Å². The van der Waals surface area contributed by atoms with Gasteiger partial charge in [0.2, 0.25) is 0 Å². The number of nitrogens with one attached hydrogen (secondary N) is 1. The number of hydrogen-bond acceptors (Lipinski definition) is 3. The van der Waals surface area contributed by atoms with Crippen LogP contribution in [0.25, 0.3) is 0 Å². The molecule has 0 aromatic carbocycles. The molecule has 1 saturated heterocycles. The predicted molar refractivity (Wildman–Crippen MR) is 41.9 cm³/mol. The van der Waals surface area contributed by atoms with Crippen LogP contribution >= 0.6 is 0 Å². The molecule has 0 amide bonds. The fraction of sp³-hybridized carbons (Fsp3) is 0.857. The van der Waals surface area contributed by atoms with Gasteiger partial charge in [0.1, 0.15) is 6.04 Å². The Balaban J connectivity index is 2.64. The summed E-state index contributed by atoms with van der Waals surface area (Å²) < 4.78 is 37.1. The molecule has 0 aromatic rings. The Labute approximate surface area is 78.7 Å². The van der Waals surface area contributed by atoms with Crippen molar-refractivity contribution in [1.82, 2.24) is 10.2 Å². The van der Waals surface area contributed by atoms with E-state index in [1.807, 2.05) is 0 Å². The average Bonchev–Trinajstić information content (AvgIpc) is 2.01. The van der Waals surface area contributed by atoms with Crippen molar-refractivity contribution >= 4 is 5.97 Å². The molecule has 0 radical (unpaired) electrons. The van der Waals surface area contributed by atoms with Gasteiger partial charge in [-0.15, -0.1) is 0 Å². The van der Waals surface area contributed by atoms with Crippen LogP contribution in [0.4, 0.5) is 13.2 Å². The van der Waals surface area contributed by atoms with E-state index in [4.69, 9.17) is 5.11 Å². The Morgan fingerprint density at radius 2 is 2.21 bits per heavy atom. The third-order valence-corrected chi connectivity index (χ3v) is 2.07. The first-order valence-corrected chi connectivity index (χ1v) is 4.14. The lowest BCUT2D eigenvalue weighted by Gasteiger charge is -2.35. The van der Waals surface area contributed by atoms with E-state index >= 15 is 0 Å². The fourth-order valence-corrected chi connectivity index (χ4v) is 1.43. The van der Waals surface area contributed by atoms with Crippen molar-refractivity contribution in [2.24, 2.45) is 0 Å². The number of rotatable bonds is 2. The topological polar surface area (TPSA) is 52.6 Å². The number of carboxylic acids is 1. The summed E-state index contributed by atoms with van der Waals surface area (Å²) in [6.07, 6.45) is -4.37. The van der Waals surface area contributed by atoms with Crippen molar-refractivity contribution in [3.63, 3.8) is 0 Å². The average molecular weight is 212 g/mol. The Kier molecular flexibility index (Phi) is 3.33. The van der Waals surface area contributed by atoms with Crippen LogP contribution < -0.4 is 5.32 Å². The Hall–Kier alpha value is -0.820. The van der Waals surface area contributed by atoms with Crippen molar-refractivity contribution in [3.05, 3.63) is 0 Å². The molecule has 0 unspecified atom stereocenters. The van der Waals surface area contributed by atoms with Crippen LogP contribution in [-0.4, -0.2) is 54.4 Å². The highest BCUT2D eigenvalue weighted by Gasteiger charge is 2.44. The van der Waals surface area contributed by atoms with Crippen LogP contribution in [0.3, 0.4) is 0 Å². The van der Waals surface area contributed by atoms with Gasteiger partial charge >= 0.3 is 12.1 Å². The van der Waals surface area contributed by atoms with Gasteiger partial charge in [-0.3, -0.25) is 9.69 Å². The molecule has 14 heavy (non-hydrogen) atoms. The van der Waals surface area contributed by atoms with Gasteiger partial charge in [0, 0.05) is 19.6 Å². The van der Waals surface area contributed by atoms with Crippen molar-refractivity contribution in [3.8, 4) is 0 Å². The van der Waals surface area contributed by atoms with Crippen LogP contribution in [0, 0.1) is 0 Å². The molecule has 0 saturated carbocycles. The summed E-state index contributed by atoms with van der Waals surface area (Å²) in [4.78, 5) is 11.2. The first-order valence-electron chi connectivity index (χ1n) is 4.14. The van der Waals surface area contributed by atoms with E-state index in [1.54, 1.807) is 0 Å². The highest BCUT2D eigenvalue weighted by atomic mass is 19.4. The molecule has 82 valence electrons. The summed E-state index contributed by atoms with van der Waals surface area (Å²) >= 11 is 0. The zero-order chi connectivity index (χ0) is 10.8. The number of aliphatic carboxylic acids is 1. The first kappa shape index (κ1) is 11.3. The molecule has 1 heterocycles. The number of halogens is 3. The summed E-state index contributed by atoms with van der Waals surface area (Å²) in [7, 11) is 0. The van der Waals surface area contributed by atoms with Crippen LogP contribution in [-0.2, 0) is 4.79 Å². The third kappa shape index (κ3) is 2.85. The maximum Gasteiger partial charge on any atom is 0.405 e. The minimum Gasteiger partial charge on any atom is -0.480 e. The van der Waals surface area contributed by atoms with Crippen molar-refractivity contribution in [2.75, 3.05) is 26.2 Å². The van der Waals surface area contributed by atoms with Crippen LogP contribution in [0.2, 0.25) is 0 Å². The lowest BCUT2D eigenvalue weighted by Crippen LogP contribution is -2.58. The molecule has 0 aliphatic carbocycles. The minimum atomic E-state index is -4.37. The fourth-order valence-electron chi connectivity index (χ4n) is 1.43. The highest BCUT2D eigenvalue weighted by molar-refractivity contribution is 5.69. The number of carboxylic acid groups (broad SMARTS) is 1. The molecule has 0 bridgehead atoms. The van der Waals surface area contributed by atoms with E-state index in [0.29, 0.717) is 6.54 Å². The van der Waals surface area contributed by atoms with E-state index in [9.17, 15) is 18.0 Å². The normalized spacial score (nSPS) is 24.9. The molecular formula is C7H11F3N2O2. The number of nitrogens with zero attached hydrogens (tertiary/aromatic N) is 1. The number of piperazine rings is 1. The summed E-state index contributed by atoms with van der Waals surface area (Å²) in [6.45, 7) is -0.307. The molecule has 2 N–H and O–H groups in total. The van der Waals surface area contributed by atoms with E-state index in [1.165, 1.54) is 0 Å². The summed E-state index contributed by atoms with van der Waals surface area (Å²) in [5.74, 6) is -1.24. The standard InChI is InChI=1S/C7H11F3N2O2/c8-7(9,10)5-3-11-1-2-12(5)4-6(13)14/h5,11H,1-4H2,(H,13,14)/t5-/m0/s1. The largest absolute Gasteiger partial charge is 0.480 e. The Bertz CT molecular complexity index is 219. The van der Waals surface area contributed by atoms with E-state index in [2.05, 4.69) is 5.32 Å². The second kappa shape index (κ2) is 4.14. The predicted octanol–water partition coefficient (Wildman–Crippen LogP) is -0.0929. The SMILES string of the molecule is O=C(O)CN1CCNC[C@H]1C(F)(F)F. The molecule has 1 aliphatic rings. The molecule has 1 atom stereocenters. The zero-order valence-corrected chi connectivity index (χ0v) is 7.34.